The molecular weight excluding hydrogens is 422 g/mol. The minimum Gasteiger partial charge on any atom is -0.465 e. The number of likely N-dealkylation sites (tertiary alicyclic amines) is 1. The molecule has 1 fully saturated rings. The van der Waals surface area contributed by atoms with Gasteiger partial charge < -0.3 is 9.64 Å². The molecule has 0 bridgehead atoms. The molecule has 0 radical (unpaired) electrons. The molecule has 1 aliphatic rings. The van der Waals surface area contributed by atoms with Gasteiger partial charge in [0.15, 0.2) is 0 Å². The Balaban J connectivity index is 1.47. The van der Waals surface area contributed by atoms with Gasteiger partial charge in [-0.15, -0.1) is 0 Å². The molecule has 1 aromatic carbocycles. The maximum absolute atomic E-state index is 12.6. The molecule has 1 amide bonds. The number of ether oxygens (including phenoxy) is 1. The predicted octanol–water partition coefficient (Wildman–Crippen LogP) is 7.44. The Morgan fingerprint density at radius 1 is 0.875 bits per heavy atom. The van der Waals surface area contributed by atoms with Crippen molar-refractivity contribution in [1.82, 2.24) is 4.90 Å². The standard InChI is InChI=1S/C27H42ClNO3/c1-2-3-4-5-6-7-8-9-10-11-12-15-22-32-27(31)23-18-20-29(21-19-23)26(30)24-16-13-14-17-25(24)28/h13-14,16-17,23H,2-12,15,18-22H2,1H3. The summed E-state index contributed by atoms with van der Waals surface area (Å²) in [5.41, 5.74) is 0.530. The number of piperidine rings is 1. The van der Waals surface area contributed by atoms with E-state index in [-0.39, 0.29) is 17.8 Å². The topological polar surface area (TPSA) is 46.6 Å². The minimum atomic E-state index is -0.0992. The van der Waals surface area contributed by atoms with Gasteiger partial charge in [0, 0.05) is 13.1 Å². The molecule has 0 spiro atoms. The van der Waals surface area contributed by atoms with E-state index >= 15 is 0 Å². The second-order valence-electron chi connectivity index (χ2n) is 9.10. The molecule has 5 heteroatoms. The Morgan fingerprint density at radius 3 is 1.97 bits per heavy atom. The fraction of sp³-hybridized carbons (Fsp3) is 0.704. The molecule has 2 rings (SSSR count). The normalized spacial score (nSPS) is 14.5. The summed E-state index contributed by atoms with van der Waals surface area (Å²) in [6.07, 6.45) is 16.9. The van der Waals surface area contributed by atoms with Crippen LogP contribution in [0.2, 0.25) is 5.02 Å². The highest BCUT2D eigenvalue weighted by Gasteiger charge is 2.29. The lowest BCUT2D eigenvalue weighted by molar-refractivity contribution is -0.150. The van der Waals surface area contributed by atoms with Crippen molar-refractivity contribution in [1.29, 1.82) is 0 Å². The van der Waals surface area contributed by atoms with Crippen molar-refractivity contribution in [3.63, 3.8) is 0 Å². The van der Waals surface area contributed by atoms with Crippen LogP contribution in [0, 0.1) is 5.92 Å². The Labute approximate surface area is 200 Å². The average Bonchev–Trinajstić information content (AvgIpc) is 2.82. The van der Waals surface area contributed by atoms with Gasteiger partial charge in [0.25, 0.3) is 5.91 Å². The number of hydrogen-bond acceptors (Lipinski definition) is 3. The molecular formula is C27H42ClNO3. The number of amides is 1. The van der Waals surface area contributed by atoms with E-state index in [4.69, 9.17) is 16.3 Å². The molecule has 180 valence electrons. The van der Waals surface area contributed by atoms with Crippen LogP contribution in [0.5, 0.6) is 0 Å². The van der Waals surface area contributed by atoms with Crippen LogP contribution in [0.4, 0.5) is 0 Å². The Hall–Kier alpha value is -1.55. The number of esters is 1. The number of halogens is 1. The maximum atomic E-state index is 12.6. The summed E-state index contributed by atoms with van der Waals surface area (Å²) in [5, 5.41) is 0.474. The van der Waals surface area contributed by atoms with Crippen molar-refractivity contribution in [2.75, 3.05) is 19.7 Å². The van der Waals surface area contributed by atoms with Gasteiger partial charge in [0.2, 0.25) is 0 Å². The van der Waals surface area contributed by atoms with Crippen molar-refractivity contribution in [2.24, 2.45) is 5.92 Å². The predicted molar refractivity (Wildman–Crippen MR) is 132 cm³/mol. The van der Waals surface area contributed by atoms with Gasteiger partial charge in [-0.3, -0.25) is 9.59 Å². The lowest BCUT2D eigenvalue weighted by atomic mass is 9.96. The highest BCUT2D eigenvalue weighted by molar-refractivity contribution is 6.33. The first-order chi connectivity index (χ1) is 15.6. The Morgan fingerprint density at radius 2 is 1.41 bits per heavy atom. The largest absolute Gasteiger partial charge is 0.465 e. The van der Waals surface area contributed by atoms with Gasteiger partial charge in [0.1, 0.15) is 0 Å². The van der Waals surface area contributed by atoms with Gasteiger partial charge in [-0.2, -0.15) is 0 Å². The molecule has 0 aromatic heterocycles. The fourth-order valence-corrected chi connectivity index (χ4v) is 4.57. The highest BCUT2D eigenvalue weighted by Crippen LogP contribution is 2.23. The quantitative estimate of drug-likeness (QED) is 0.200. The summed E-state index contributed by atoms with van der Waals surface area (Å²) < 4.78 is 5.51. The molecule has 1 aromatic rings. The van der Waals surface area contributed by atoms with E-state index in [1.165, 1.54) is 64.2 Å². The molecule has 4 nitrogen and oxygen atoms in total. The molecule has 0 saturated carbocycles. The van der Waals surface area contributed by atoms with Crippen LogP contribution in [-0.4, -0.2) is 36.5 Å². The van der Waals surface area contributed by atoms with Crippen LogP contribution in [0.15, 0.2) is 24.3 Å². The highest BCUT2D eigenvalue weighted by atomic mass is 35.5. The first-order valence-electron chi connectivity index (χ1n) is 12.8. The zero-order chi connectivity index (χ0) is 23.0. The summed E-state index contributed by atoms with van der Waals surface area (Å²) in [7, 11) is 0. The van der Waals surface area contributed by atoms with Gasteiger partial charge in [-0.1, -0.05) is 101 Å². The summed E-state index contributed by atoms with van der Waals surface area (Å²) in [5.74, 6) is -0.251. The van der Waals surface area contributed by atoms with Crippen LogP contribution >= 0.6 is 11.6 Å². The van der Waals surface area contributed by atoms with Crippen molar-refractivity contribution in [3.05, 3.63) is 34.9 Å². The van der Waals surface area contributed by atoms with Crippen molar-refractivity contribution in [3.8, 4) is 0 Å². The second-order valence-corrected chi connectivity index (χ2v) is 9.51. The van der Waals surface area contributed by atoms with E-state index in [9.17, 15) is 9.59 Å². The lowest BCUT2D eigenvalue weighted by Gasteiger charge is -2.31. The van der Waals surface area contributed by atoms with Gasteiger partial charge >= 0.3 is 5.97 Å². The third-order valence-corrected chi connectivity index (χ3v) is 6.79. The molecule has 32 heavy (non-hydrogen) atoms. The van der Waals surface area contributed by atoms with E-state index in [2.05, 4.69) is 6.92 Å². The Bertz CT molecular complexity index is 671. The van der Waals surface area contributed by atoms with Crippen molar-refractivity contribution >= 4 is 23.5 Å². The summed E-state index contributed by atoms with van der Waals surface area (Å²) in [4.78, 5) is 26.8. The van der Waals surface area contributed by atoms with Crippen molar-refractivity contribution < 1.29 is 14.3 Å². The number of unbranched alkanes of at least 4 members (excludes halogenated alkanes) is 11. The number of nitrogens with zero attached hydrogens (tertiary/aromatic N) is 1. The molecule has 0 aliphatic carbocycles. The molecule has 1 aliphatic heterocycles. The first kappa shape index (κ1) is 26.7. The fourth-order valence-electron chi connectivity index (χ4n) is 4.36. The zero-order valence-corrected chi connectivity index (χ0v) is 20.7. The van der Waals surface area contributed by atoms with Gasteiger partial charge in [-0.25, -0.2) is 0 Å². The van der Waals surface area contributed by atoms with Crippen LogP contribution in [0.25, 0.3) is 0 Å². The van der Waals surface area contributed by atoms with E-state index in [0.717, 1.165) is 12.8 Å². The van der Waals surface area contributed by atoms with Crippen molar-refractivity contribution in [2.45, 2.75) is 96.8 Å². The molecule has 1 heterocycles. The van der Waals surface area contributed by atoms with Crippen LogP contribution < -0.4 is 0 Å². The number of hydrogen-bond donors (Lipinski definition) is 0. The van der Waals surface area contributed by atoms with E-state index in [1.54, 1.807) is 17.0 Å². The average molecular weight is 464 g/mol. The van der Waals surface area contributed by atoms with Crippen LogP contribution in [0.1, 0.15) is 107 Å². The Kier molecular flexibility index (Phi) is 13.5. The number of rotatable bonds is 15. The number of carbonyl (C=O) groups excluding carboxylic acids is 2. The first-order valence-corrected chi connectivity index (χ1v) is 13.2. The van der Waals surface area contributed by atoms with E-state index in [1.807, 2.05) is 12.1 Å². The van der Waals surface area contributed by atoms with Crippen LogP contribution in [0.3, 0.4) is 0 Å². The monoisotopic (exact) mass is 463 g/mol. The molecule has 0 unspecified atom stereocenters. The summed E-state index contributed by atoms with van der Waals surface area (Å²) in [6, 6.07) is 7.12. The van der Waals surface area contributed by atoms with Gasteiger partial charge in [-0.05, 0) is 31.4 Å². The molecule has 0 atom stereocenters. The maximum Gasteiger partial charge on any atom is 0.309 e. The second kappa shape index (κ2) is 16.1. The molecule has 0 N–H and O–H groups in total. The minimum absolute atomic E-state index is 0.0566. The summed E-state index contributed by atoms with van der Waals surface area (Å²) in [6.45, 7) is 3.93. The third kappa shape index (κ3) is 9.94. The van der Waals surface area contributed by atoms with E-state index in [0.29, 0.717) is 43.1 Å². The smallest absolute Gasteiger partial charge is 0.309 e. The number of carbonyl (C=O) groups is 2. The SMILES string of the molecule is CCCCCCCCCCCCCCOC(=O)C1CCN(C(=O)c2ccccc2Cl)CC1. The number of benzene rings is 1. The van der Waals surface area contributed by atoms with E-state index < -0.39 is 0 Å². The van der Waals surface area contributed by atoms with Crippen LogP contribution in [-0.2, 0) is 9.53 Å². The van der Waals surface area contributed by atoms with Gasteiger partial charge in [0.05, 0.1) is 23.1 Å². The molecule has 1 saturated heterocycles. The summed E-state index contributed by atoms with van der Waals surface area (Å²) >= 11 is 6.14. The third-order valence-electron chi connectivity index (χ3n) is 6.46. The zero-order valence-electron chi connectivity index (χ0n) is 20.0. The lowest BCUT2D eigenvalue weighted by Crippen LogP contribution is -2.40.